The summed E-state index contributed by atoms with van der Waals surface area (Å²) in [5, 5.41) is 9.43. The number of alkyl halides is 1. The molecule has 0 aromatic heterocycles. The smallest absolute Gasteiger partial charge is 0.0734 e. The van der Waals surface area contributed by atoms with Crippen molar-refractivity contribution in [2.75, 3.05) is 0 Å². The summed E-state index contributed by atoms with van der Waals surface area (Å²) in [6.45, 7) is 0. The van der Waals surface area contributed by atoms with Gasteiger partial charge in [-0.05, 0) is 31.1 Å². The Morgan fingerprint density at radius 3 is 2.22 bits per heavy atom. The third kappa shape index (κ3) is 0.714. The first-order chi connectivity index (χ1) is 4.29. The Labute approximate surface area is 60.0 Å². The zero-order valence-electron chi connectivity index (χ0n) is 5.26. The topological polar surface area (TPSA) is 20.2 Å². The van der Waals surface area contributed by atoms with Crippen LogP contribution in [0, 0.1) is 11.8 Å². The monoisotopic (exact) mass is 146 g/mol. The molecule has 0 aliphatic heterocycles. The van der Waals surface area contributed by atoms with E-state index < -0.39 is 0 Å². The quantitative estimate of drug-likeness (QED) is 0.512. The van der Waals surface area contributed by atoms with Crippen LogP contribution in [0.15, 0.2) is 0 Å². The minimum Gasteiger partial charge on any atom is -0.391 e. The summed E-state index contributed by atoms with van der Waals surface area (Å²) >= 11 is 5.91. The molecule has 0 heterocycles. The van der Waals surface area contributed by atoms with Gasteiger partial charge in [-0.1, -0.05) is 0 Å². The molecule has 9 heavy (non-hydrogen) atoms. The van der Waals surface area contributed by atoms with Crippen LogP contribution in [0.25, 0.3) is 0 Å². The lowest BCUT2D eigenvalue weighted by molar-refractivity contribution is 0.117. The van der Waals surface area contributed by atoms with E-state index in [-0.39, 0.29) is 11.5 Å². The molecule has 0 aromatic rings. The Morgan fingerprint density at radius 1 is 1.22 bits per heavy atom. The fourth-order valence-electron chi connectivity index (χ4n) is 2.19. The summed E-state index contributed by atoms with van der Waals surface area (Å²) in [6, 6.07) is 0. The first kappa shape index (κ1) is 5.99. The first-order valence-corrected chi connectivity index (χ1v) is 4.05. The molecule has 2 aliphatic rings. The van der Waals surface area contributed by atoms with Crippen molar-refractivity contribution in [2.24, 2.45) is 11.8 Å². The van der Waals surface area contributed by atoms with Gasteiger partial charge in [0.1, 0.15) is 0 Å². The van der Waals surface area contributed by atoms with Crippen LogP contribution >= 0.6 is 11.6 Å². The molecule has 0 unspecified atom stereocenters. The zero-order chi connectivity index (χ0) is 6.43. The van der Waals surface area contributed by atoms with E-state index >= 15 is 0 Å². The molecule has 2 heteroatoms. The molecule has 0 radical (unpaired) electrons. The molecule has 0 aromatic carbocycles. The molecular formula is C7H11ClO. The average Bonchev–Trinajstić information content (AvgIpc) is 2.37. The number of fused-ring (bicyclic) bond motifs is 2. The van der Waals surface area contributed by atoms with Gasteiger partial charge in [-0.2, -0.15) is 0 Å². The molecule has 52 valence electrons. The fourth-order valence-corrected chi connectivity index (χ4v) is 2.63. The molecule has 0 saturated heterocycles. The lowest BCUT2D eigenvalue weighted by Crippen LogP contribution is -2.27. The van der Waals surface area contributed by atoms with Crippen LogP contribution in [-0.4, -0.2) is 16.6 Å². The van der Waals surface area contributed by atoms with E-state index in [0.717, 1.165) is 0 Å². The van der Waals surface area contributed by atoms with E-state index in [1.165, 1.54) is 19.3 Å². The molecule has 1 N–H and O–H groups in total. The van der Waals surface area contributed by atoms with Crippen molar-refractivity contribution in [1.29, 1.82) is 0 Å². The molecule has 4 atom stereocenters. The summed E-state index contributed by atoms with van der Waals surface area (Å²) < 4.78 is 0. The largest absolute Gasteiger partial charge is 0.391 e. The maximum Gasteiger partial charge on any atom is 0.0734 e. The maximum atomic E-state index is 9.36. The van der Waals surface area contributed by atoms with Gasteiger partial charge in [0.05, 0.1) is 11.5 Å². The SMILES string of the molecule is O[C@@H]1[C@@H]2CC[C@H](C2)[C@H]1Cl. The number of halogens is 1. The molecule has 2 saturated carbocycles. The van der Waals surface area contributed by atoms with E-state index in [1.54, 1.807) is 0 Å². The molecule has 2 rings (SSSR count). The van der Waals surface area contributed by atoms with Crippen molar-refractivity contribution in [3.63, 3.8) is 0 Å². The van der Waals surface area contributed by atoms with Gasteiger partial charge in [0.15, 0.2) is 0 Å². The van der Waals surface area contributed by atoms with E-state index in [1.807, 2.05) is 0 Å². The summed E-state index contributed by atoms with van der Waals surface area (Å²) in [7, 11) is 0. The third-order valence-electron chi connectivity index (χ3n) is 2.77. The Balaban J connectivity index is 2.15. The number of hydrogen-bond acceptors (Lipinski definition) is 1. The van der Waals surface area contributed by atoms with Crippen molar-refractivity contribution in [3.8, 4) is 0 Å². The molecule has 1 nitrogen and oxygen atoms in total. The second-order valence-electron chi connectivity index (χ2n) is 3.27. The van der Waals surface area contributed by atoms with E-state index in [4.69, 9.17) is 11.6 Å². The minimum atomic E-state index is -0.189. The van der Waals surface area contributed by atoms with Gasteiger partial charge < -0.3 is 5.11 Å². The van der Waals surface area contributed by atoms with Gasteiger partial charge in [-0.3, -0.25) is 0 Å². The standard InChI is InChI=1S/C7H11ClO/c8-6-4-1-2-5(3-4)7(6)9/h4-7,9H,1-3H2/t4-,5-,6-,7-/m1/s1. The van der Waals surface area contributed by atoms with Gasteiger partial charge in [-0.25, -0.2) is 0 Å². The minimum absolute atomic E-state index is 0.0729. The second kappa shape index (κ2) is 1.86. The first-order valence-electron chi connectivity index (χ1n) is 3.61. The van der Waals surface area contributed by atoms with Crippen LogP contribution in [0.1, 0.15) is 19.3 Å². The van der Waals surface area contributed by atoms with Crippen LogP contribution in [0.5, 0.6) is 0 Å². The average molecular weight is 147 g/mol. The van der Waals surface area contributed by atoms with Crippen LogP contribution in [0.2, 0.25) is 0 Å². The van der Waals surface area contributed by atoms with Crippen molar-refractivity contribution in [3.05, 3.63) is 0 Å². The van der Waals surface area contributed by atoms with Gasteiger partial charge in [0.25, 0.3) is 0 Å². The molecule has 2 bridgehead atoms. The number of aliphatic hydroxyl groups is 1. The number of rotatable bonds is 0. The normalized spacial score (nSPS) is 56.7. The van der Waals surface area contributed by atoms with Gasteiger partial charge in [0.2, 0.25) is 0 Å². The van der Waals surface area contributed by atoms with Gasteiger partial charge in [0, 0.05) is 0 Å². The summed E-state index contributed by atoms with van der Waals surface area (Å²) in [5.41, 5.74) is 0. The van der Waals surface area contributed by atoms with Crippen LogP contribution in [0.4, 0.5) is 0 Å². The van der Waals surface area contributed by atoms with Crippen molar-refractivity contribution < 1.29 is 5.11 Å². The Bertz CT molecular complexity index is 108. The van der Waals surface area contributed by atoms with Gasteiger partial charge >= 0.3 is 0 Å². The van der Waals surface area contributed by atoms with Crippen LogP contribution < -0.4 is 0 Å². The number of aliphatic hydroxyl groups excluding tert-OH is 1. The van der Waals surface area contributed by atoms with Gasteiger partial charge in [-0.15, -0.1) is 11.6 Å². The highest BCUT2D eigenvalue weighted by molar-refractivity contribution is 6.21. The summed E-state index contributed by atoms with van der Waals surface area (Å²) in [4.78, 5) is 0. The van der Waals surface area contributed by atoms with E-state index in [0.29, 0.717) is 11.8 Å². The molecule has 0 spiro atoms. The predicted octanol–water partition coefficient (Wildman–Crippen LogP) is 1.38. The highest BCUT2D eigenvalue weighted by atomic mass is 35.5. The maximum absolute atomic E-state index is 9.36. The Kier molecular flexibility index (Phi) is 1.24. The molecular weight excluding hydrogens is 136 g/mol. The number of hydrogen-bond donors (Lipinski definition) is 1. The highest BCUT2D eigenvalue weighted by Gasteiger charge is 2.45. The third-order valence-corrected chi connectivity index (χ3v) is 3.39. The lowest BCUT2D eigenvalue weighted by atomic mass is 9.97. The van der Waals surface area contributed by atoms with Crippen LogP contribution in [0.3, 0.4) is 0 Å². The highest BCUT2D eigenvalue weighted by Crippen LogP contribution is 2.46. The van der Waals surface area contributed by atoms with Crippen molar-refractivity contribution >= 4 is 11.6 Å². The Morgan fingerprint density at radius 2 is 1.89 bits per heavy atom. The van der Waals surface area contributed by atoms with Crippen molar-refractivity contribution in [1.82, 2.24) is 0 Å². The van der Waals surface area contributed by atoms with Crippen LogP contribution in [-0.2, 0) is 0 Å². The van der Waals surface area contributed by atoms with Crippen molar-refractivity contribution in [2.45, 2.75) is 30.7 Å². The summed E-state index contributed by atoms with van der Waals surface area (Å²) in [6.07, 6.45) is 3.44. The second-order valence-corrected chi connectivity index (χ2v) is 3.77. The lowest BCUT2D eigenvalue weighted by Gasteiger charge is -2.20. The van der Waals surface area contributed by atoms with E-state index in [9.17, 15) is 5.11 Å². The molecule has 2 aliphatic carbocycles. The van der Waals surface area contributed by atoms with E-state index in [2.05, 4.69) is 0 Å². The zero-order valence-corrected chi connectivity index (χ0v) is 6.01. The fraction of sp³-hybridized carbons (Fsp3) is 1.00. The molecule has 0 amide bonds. The summed E-state index contributed by atoms with van der Waals surface area (Å²) in [5.74, 6) is 1.17. The molecule has 2 fully saturated rings. The Hall–Kier alpha value is 0.250. The predicted molar refractivity (Wildman–Crippen MR) is 36.5 cm³/mol.